The molecule has 2 aromatic rings. The van der Waals surface area contributed by atoms with E-state index in [1.807, 2.05) is 6.92 Å². The minimum absolute atomic E-state index is 0.0380. The van der Waals surface area contributed by atoms with Crippen LogP contribution in [-0.4, -0.2) is 32.4 Å². The van der Waals surface area contributed by atoms with Gasteiger partial charge in [0.15, 0.2) is 5.65 Å². The van der Waals surface area contributed by atoms with E-state index in [9.17, 15) is 0 Å². The van der Waals surface area contributed by atoms with Gasteiger partial charge in [-0.25, -0.2) is 4.52 Å². The van der Waals surface area contributed by atoms with Crippen LogP contribution in [0.25, 0.3) is 5.65 Å². The molecular formula is C9H11ClN4O. The van der Waals surface area contributed by atoms with Crippen molar-refractivity contribution in [2.75, 3.05) is 11.9 Å². The van der Waals surface area contributed by atoms with Crippen LogP contribution in [0.4, 0.5) is 5.95 Å². The van der Waals surface area contributed by atoms with Crippen LogP contribution in [0.3, 0.4) is 0 Å². The van der Waals surface area contributed by atoms with Gasteiger partial charge in [-0.15, -0.1) is 5.10 Å². The Morgan fingerprint density at radius 3 is 3.13 bits per heavy atom. The van der Waals surface area contributed by atoms with E-state index in [-0.39, 0.29) is 12.6 Å². The minimum atomic E-state index is -0.0714. The average Bonchev–Trinajstić information content (AvgIpc) is 2.59. The summed E-state index contributed by atoms with van der Waals surface area (Å²) < 4.78 is 1.59. The summed E-state index contributed by atoms with van der Waals surface area (Å²) in [6.07, 6.45) is 1.68. The summed E-state index contributed by atoms with van der Waals surface area (Å²) in [6.45, 7) is 1.88. The molecular weight excluding hydrogens is 216 g/mol. The predicted molar refractivity (Wildman–Crippen MR) is 58.2 cm³/mol. The molecule has 0 fully saturated rings. The molecule has 0 aliphatic rings. The zero-order chi connectivity index (χ0) is 10.8. The Balaban J connectivity index is 2.30. The Bertz CT molecular complexity index is 470. The molecule has 1 unspecified atom stereocenters. The van der Waals surface area contributed by atoms with Crippen molar-refractivity contribution in [3.63, 3.8) is 0 Å². The van der Waals surface area contributed by atoms with E-state index in [0.29, 0.717) is 16.6 Å². The van der Waals surface area contributed by atoms with Crippen molar-refractivity contribution in [1.82, 2.24) is 14.6 Å². The summed E-state index contributed by atoms with van der Waals surface area (Å²) in [7, 11) is 0. The van der Waals surface area contributed by atoms with Crippen LogP contribution in [0.1, 0.15) is 6.92 Å². The molecule has 0 saturated heterocycles. The standard InChI is InChI=1S/C9H11ClN4O/c1-6(5-15)11-9-12-8-3-2-7(10)4-14(8)13-9/h2-4,6,15H,5H2,1H3,(H,11,13). The Labute approximate surface area is 91.7 Å². The number of aliphatic hydroxyl groups is 1. The Morgan fingerprint density at radius 1 is 1.60 bits per heavy atom. The summed E-state index contributed by atoms with van der Waals surface area (Å²) in [5, 5.41) is 16.6. The first-order valence-electron chi connectivity index (χ1n) is 4.58. The number of hydrogen-bond acceptors (Lipinski definition) is 4. The van der Waals surface area contributed by atoms with Crippen LogP contribution in [-0.2, 0) is 0 Å². The molecule has 2 N–H and O–H groups in total. The lowest BCUT2D eigenvalue weighted by Gasteiger charge is -2.06. The Kier molecular flexibility index (Phi) is 2.75. The van der Waals surface area contributed by atoms with Gasteiger partial charge in [-0.3, -0.25) is 0 Å². The molecule has 0 bridgehead atoms. The zero-order valence-corrected chi connectivity index (χ0v) is 8.94. The van der Waals surface area contributed by atoms with Crippen LogP contribution in [0.5, 0.6) is 0 Å². The van der Waals surface area contributed by atoms with Gasteiger partial charge in [0.1, 0.15) is 0 Å². The molecule has 0 spiro atoms. The van der Waals surface area contributed by atoms with Gasteiger partial charge in [-0.05, 0) is 19.1 Å². The molecule has 2 rings (SSSR count). The molecule has 80 valence electrons. The second-order valence-corrected chi connectivity index (χ2v) is 3.75. The lowest BCUT2D eigenvalue weighted by Crippen LogP contribution is -2.20. The second kappa shape index (κ2) is 4.04. The van der Waals surface area contributed by atoms with Gasteiger partial charge in [0.25, 0.3) is 0 Å². The van der Waals surface area contributed by atoms with Gasteiger partial charge in [0.2, 0.25) is 5.95 Å². The molecule has 2 heterocycles. The van der Waals surface area contributed by atoms with Crippen molar-refractivity contribution in [1.29, 1.82) is 0 Å². The van der Waals surface area contributed by atoms with Crippen LogP contribution >= 0.6 is 11.6 Å². The molecule has 1 atom stereocenters. The summed E-state index contributed by atoms with van der Waals surface area (Å²) in [5.74, 6) is 0.485. The number of rotatable bonds is 3. The number of pyridine rings is 1. The molecule has 5 nitrogen and oxygen atoms in total. The van der Waals surface area contributed by atoms with E-state index in [0.717, 1.165) is 0 Å². The fraction of sp³-hybridized carbons (Fsp3) is 0.333. The molecule has 0 saturated carbocycles. The Hall–Kier alpha value is -1.33. The van der Waals surface area contributed by atoms with Crippen molar-refractivity contribution >= 4 is 23.2 Å². The first kappa shape index (κ1) is 10.2. The third-order valence-corrected chi connectivity index (χ3v) is 2.17. The zero-order valence-electron chi connectivity index (χ0n) is 8.18. The molecule has 2 aromatic heterocycles. The quantitative estimate of drug-likeness (QED) is 0.825. The first-order valence-corrected chi connectivity index (χ1v) is 4.96. The van der Waals surface area contributed by atoms with Crippen molar-refractivity contribution in [2.24, 2.45) is 0 Å². The van der Waals surface area contributed by atoms with Gasteiger partial charge >= 0.3 is 0 Å². The van der Waals surface area contributed by atoms with Crippen molar-refractivity contribution in [3.8, 4) is 0 Å². The highest BCUT2D eigenvalue weighted by molar-refractivity contribution is 6.30. The van der Waals surface area contributed by atoms with Crippen LogP contribution in [0.15, 0.2) is 18.3 Å². The third-order valence-electron chi connectivity index (χ3n) is 1.94. The highest BCUT2D eigenvalue weighted by Crippen LogP contribution is 2.11. The fourth-order valence-electron chi connectivity index (χ4n) is 1.19. The molecule has 0 radical (unpaired) electrons. The van der Waals surface area contributed by atoms with Crippen molar-refractivity contribution in [2.45, 2.75) is 13.0 Å². The normalized spacial score (nSPS) is 13.0. The van der Waals surface area contributed by atoms with E-state index < -0.39 is 0 Å². The lowest BCUT2D eigenvalue weighted by atomic mass is 10.4. The largest absolute Gasteiger partial charge is 0.394 e. The summed E-state index contributed by atoms with van der Waals surface area (Å²) in [5.41, 5.74) is 0.715. The number of aromatic nitrogens is 3. The number of hydrogen-bond donors (Lipinski definition) is 2. The molecule has 0 aliphatic heterocycles. The number of anilines is 1. The van der Waals surface area contributed by atoms with E-state index in [4.69, 9.17) is 16.7 Å². The van der Waals surface area contributed by atoms with E-state index in [2.05, 4.69) is 15.4 Å². The van der Waals surface area contributed by atoms with E-state index in [1.54, 1.807) is 22.8 Å². The maximum Gasteiger partial charge on any atom is 0.243 e. The molecule has 0 aliphatic carbocycles. The van der Waals surface area contributed by atoms with Gasteiger partial charge in [-0.2, -0.15) is 4.98 Å². The van der Waals surface area contributed by atoms with Crippen LogP contribution in [0, 0.1) is 0 Å². The topological polar surface area (TPSA) is 62.5 Å². The van der Waals surface area contributed by atoms with Crippen LogP contribution < -0.4 is 5.32 Å². The number of aliphatic hydroxyl groups excluding tert-OH is 1. The average molecular weight is 227 g/mol. The SMILES string of the molecule is CC(CO)Nc1nc2ccc(Cl)cn2n1. The number of halogens is 1. The van der Waals surface area contributed by atoms with E-state index >= 15 is 0 Å². The van der Waals surface area contributed by atoms with E-state index in [1.165, 1.54) is 0 Å². The molecule has 0 aromatic carbocycles. The van der Waals surface area contributed by atoms with Gasteiger partial charge < -0.3 is 10.4 Å². The first-order chi connectivity index (χ1) is 7.19. The molecule has 6 heteroatoms. The summed E-state index contributed by atoms with van der Waals surface area (Å²) in [6, 6.07) is 3.47. The monoisotopic (exact) mass is 226 g/mol. The highest BCUT2D eigenvalue weighted by atomic mass is 35.5. The fourth-order valence-corrected chi connectivity index (χ4v) is 1.34. The second-order valence-electron chi connectivity index (χ2n) is 3.31. The van der Waals surface area contributed by atoms with Gasteiger partial charge in [-0.1, -0.05) is 11.6 Å². The van der Waals surface area contributed by atoms with Gasteiger partial charge in [0.05, 0.1) is 11.6 Å². The molecule has 0 amide bonds. The van der Waals surface area contributed by atoms with Crippen molar-refractivity contribution in [3.05, 3.63) is 23.4 Å². The molecule has 15 heavy (non-hydrogen) atoms. The smallest absolute Gasteiger partial charge is 0.243 e. The van der Waals surface area contributed by atoms with Gasteiger partial charge in [0, 0.05) is 12.2 Å². The minimum Gasteiger partial charge on any atom is -0.394 e. The number of fused-ring (bicyclic) bond motifs is 1. The summed E-state index contributed by atoms with van der Waals surface area (Å²) >= 11 is 5.81. The van der Waals surface area contributed by atoms with Crippen molar-refractivity contribution < 1.29 is 5.11 Å². The maximum atomic E-state index is 8.87. The third kappa shape index (κ3) is 2.19. The lowest BCUT2D eigenvalue weighted by molar-refractivity contribution is 0.281. The number of nitrogens with zero attached hydrogens (tertiary/aromatic N) is 3. The highest BCUT2D eigenvalue weighted by Gasteiger charge is 2.06. The summed E-state index contributed by atoms with van der Waals surface area (Å²) in [4.78, 5) is 4.21. The Morgan fingerprint density at radius 2 is 2.40 bits per heavy atom. The number of nitrogens with one attached hydrogen (secondary N) is 1. The predicted octanol–water partition coefficient (Wildman–Crippen LogP) is 1.18. The maximum absolute atomic E-state index is 8.87. The van der Waals surface area contributed by atoms with Crippen LogP contribution in [0.2, 0.25) is 5.02 Å².